The number of carbonyl (C=O) groups excluding carboxylic acids is 1. The molecule has 3 aliphatic rings. The highest BCUT2D eigenvalue weighted by Crippen LogP contribution is 2.33. The quantitative estimate of drug-likeness (QED) is 0.874. The number of aromatic nitrogens is 1. The first-order valence-corrected chi connectivity index (χ1v) is 8.67. The minimum Gasteiger partial charge on any atom is -0.353 e. The van der Waals surface area contributed by atoms with Crippen molar-refractivity contribution in [2.45, 2.75) is 32.2 Å². The molecule has 120 valence electrons. The fourth-order valence-electron chi connectivity index (χ4n) is 4.10. The van der Waals surface area contributed by atoms with Gasteiger partial charge in [-0.2, -0.15) is 0 Å². The van der Waals surface area contributed by atoms with Gasteiger partial charge in [-0.05, 0) is 30.7 Å². The molecule has 1 amide bonds. The Morgan fingerprint density at radius 2 is 2.04 bits per heavy atom. The predicted octanol–water partition coefficient (Wildman–Crippen LogP) is 3.07. The first kappa shape index (κ1) is 14.5. The first-order chi connectivity index (χ1) is 11.3. The molecular weight excluding hydrogens is 286 g/mol. The zero-order valence-electron chi connectivity index (χ0n) is 13.6. The van der Waals surface area contributed by atoms with Gasteiger partial charge in [0.1, 0.15) is 5.82 Å². The molecule has 3 aliphatic heterocycles. The highest BCUT2D eigenvalue weighted by molar-refractivity contribution is 5.92. The van der Waals surface area contributed by atoms with Gasteiger partial charge in [0.15, 0.2) is 0 Å². The van der Waals surface area contributed by atoms with Crippen LogP contribution in [0.1, 0.15) is 26.2 Å². The van der Waals surface area contributed by atoms with E-state index in [1.165, 1.54) is 10.8 Å². The number of hydrogen-bond acceptors (Lipinski definition) is 3. The Labute approximate surface area is 137 Å². The van der Waals surface area contributed by atoms with E-state index in [4.69, 9.17) is 0 Å². The largest absolute Gasteiger partial charge is 0.353 e. The number of pyridine rings is 1. The first-order valence-electron chi connectivity index (χ1n) is 8.67. The normalized spacial score (nSPS) is 24.3. The minimum absolute atomic E-state index is 0.126. The van der Waals surface area contributed by atoms with Crippen LogP contribution in [-0.4, -0.2) is 41.5 Å². The Bertz CT molecular complexity index is 724. The number of rotatable bonds is 3. The summed E-state index contributed by atoms with van der Waals surface area (Å²) in [6.45, 7) is 4.74. The molecule has 1 aromatic carbocycles. The van der Waals surface area contributed by atoms with E-state index in [-0.39, 0.29) is 5.92 Å². The molecule has 0 saturated carbocycles. The molecule has 3 saturated heterocycles. The van der Waals surface area contributed by atoms with E-state index in [1.54, 1.807) is 0 Å². The Morgan fingerprint density at radius 1 is 1.17 bits per heavy atom. The summed E-state index contributed by atoms with van der Waals surface area (Å²) in [5, 5.41) is 2.40. The molecule has 4 nitrogen and oxygen atoms in total. The van der Waals surface area contributed by atoms with Crippen LogP contribution in [0.3, 0.4) is 0 Å². The monoisotopic (exact) mass is 309 g/mol. The lowest BCUT2D eigenvalue weighted by atomic mass is 9.94. The maximum absolute atomic E-state index is 12.7. The molecule has 0 unspecified atom stereocenters. The van der Waals surface area contributed by atoms with Crippen molar-refractivity contribution in [1.82, 2.24) is 9.88 Å². The molecule has 0 spiro atoms. The highest BCUT2D eigenvalue weighted by Gasteiger charge is 2.40. The summed E-state index contributed by atoms with van der Waals surface area (Å²) in [5.41, 5.74) is 0. The number of hydrogen-bond donors (Lipinski definition) is 0. The summed E-state index contributed by atoms with van der Waals surface area (Å²) in [6.07, 6.45) is 5.06. The average molecular weight is 309 g/mol. The number of benzene rings is 1. The molecule has 4 heterocycles. The Morgan fingerprint density at radius 3 is 2.91 bits per heavy atom. The van der Waals surface area contributed by atoms with Crippen molar-refractivity contribution < 1.29 is 4.79 Å². The van der Waals surface area contributed by atoms with Crippen LogP contribution in [0.25, 0.3) is 10.8 Å². The third-order valence-corrected chi connectivity index (χ3v) is 5.21. The Balaban J connectivity index is 1.72. The number of nitrogens with zero attached hydrogens (tertiary/aromatic N) is 3. The maximum atomic E-state index is 12.7. The van der Waals surface area contributed by atoms with Crippen LogP contribution < -0.4 is 4.90 Å². The molecule has 5 rings (SSSR count). The van der Waals surface area contributed by atoms with Gasteiger partial charge in [0.2, 0.25) is 5.91 Å². The van der Waals surface area contributed by atoms with E-state index in [0.717, 1.165) is 44.7 Å². The summed E-state index contributed by atoms with van der Waals surface area (Å²) < 4.78 is 0. The Hall–Kier alpha value is -2.10. The van der Waals surface area contributed by atoms with Crippen LogP contribution in [0.2, 0.25) is 0 Å². The third-order valence-electron chi connectivity index (χ3n) is 5.21. The number of amides is 1. The summed E-state index contributed by atoms with van der Waals surface area (Å²) in [4.78, 5) is 21.8. The van der Waals surface area contributed by atoms with E-state index in [9.17, 15) is 4.79 Å². The van der Waals surface area contributed by atoms with Crippen molar-refractivity contribution in [3.8, 4) is 0 Å². The van der Waals surface area contributed by atoms with Crippen molar-refractivity contribution in [3.63, 3.8) is 0 Å². The lowest BCUT2D eigenvalue weighted by Crippen LogP contribution is -2.48. The van der Waals surface area contributed by atoms with Gasteiger partial charge in [-0.1, -0.05) is 31.2 Å². The maximum Gasteiger partial charge on any atom is 0.227 e. The van der Waals surface area contributed by atoms with Gasteiger partial charge in [0, 0.05) is 37.3 Å². The van der Waals surface area contributed by atoms with Crippen molar-refractivity contribution >= 4 is 22.5 Å². The lowest BCUT2D eigenvalue weighted by molar-refractivity contribution is -0.139. The lowest BCUT2D eigenvalue weighted by Gasteiger charge is -2.35. The molecule has 0 aliphatic carbocycles. The molecule has 3 fully saturated rings. The van der Waals surface area contributed by atoms with Gasteiger partial charge in [-0.3, -0.25) is 4.79 Å². The van der Waals surface area contributed by atoms with E-state index in [2.05, 4.69) is 52.0 Å². The standard InChI is InChI=1S/C19H23N3O/c1-2-11-22-16-8-7-15(19(22)23)12-21(13-16)18-17-6-4-3-5-14(17)9-10-20-18/h3-6,9-10,15-16H,2,7-8,11-13H2,1H3/t15-,16+/m0/s1. The number of anilines is 1. The molecule has 2 aromatic rings. The van der Waals surface area contributed by atoms with E-state index in [0.29, 0.717) is 11.9 Å². The van der Waals surface area contributed by atoms with Crippen LogP contribution in [0, 0.1) is 5.92 Å². The molecule has 0 radical (unpaired) electrons. The van der Waals surface area contributed by atoms with Gasteiger partial charge in [-0.25, -0.2) is 4.98 Å². The molecule has 0 N–H and O–H groups in total. The van der Waals surface area contributed by atoms with Crippen LogP contribution in [0.4, 0.5) is 5.82 Å². The van der Waals surface area contributed by atoms with Gasteiger partial charge in [0.05, 0.1) is 5.92 Å². The summed E-state index contributed by atoms with van der Waals surface area (Å²) in [5.74, 6) is 1.51. The minimum atomic E-state index is 0.126. The second kappa shape index (κ2) is 5.84. The molecule has 1 aromatic heterocycles. The SMILES string of the molecule is CCCN1C(=O)[C@H]2CC[C@@H]1CN(c1nccc3ccccc13)C2. The number of carbonyl (C=O) groups is 1. The fourth-order valence-corrected chi connectivity index (χ4v) is 4.10. The van der Waals surface area contributed by atoms with Crippen LogP contribution in [-0.2, 0) is 4.79 Å². The van der Waals surface area contributed by atoms with Crippen LogP contribution in [0.15, 0.2) is 36.5 Å². The number of fused-ring (bicyclic) bond motifs is 5. The highest BCUT2D eigenvalue weighted by atomic mass is 16.2. The zero-order valence-corrected chi connectivity index (χ0v) is 13.6. The molecule has 4 heteroatoms. The van der Waals surface area contributed by atoms with Gasteiger partial charge < -0.3 is 9.80 Å². The van der Waals surface area contributed by atoms with E-state index < -0.39 is 0 Å². The van der Waals surface area contributed by atoms with Gasteiger partial charge in [0.25, 0.3) is 0 Å². The number of piperidine rings is 1. The summed E-state index contributed by atoms with van der Waals surface area (Å²) >= 11 is 0. The van der Waals surface area contributed by atoms with Crippen molar-refractivity contribution in [2.75, 3.05) is 24.5 Å². The van der Waals surface area contributed by atoms with Gasteiger partial charge in [-0.15, -0.1) is 0 Å². The third kappa shape index (κ3) is 2.46. The van der Waals surface area contributed by atoms with Crippen molar-refractivity contribution in [2.24, 2.45) is 5.92 Å². The van der Waals surface area contributed by atoms with Gasteiger partial charge >= 0.3 is 0 Å². The van der Waals surface area contributed by atoms with Crippen LogP contribution >= 0.6 is 0 Å². The summed E-state index contributed by atoms with van der Waals surface area (Å²) in [7, 11) is 0. The van der Waals surface area contributed by atoms with Crippen LogP contribution in [0.5, 0.6) is 0 Å². The smallest absolute Gasteiger partial charge is 0.227 e. The molecule has 23 heavy (non-hydrogen) atoms. The van der Waals surface area contributed by atoms with Crippen molar-refractivity contribution in [3.05, 3.63) is 36.5 Å². The van der Waals surface area contributed by atoms with E-state index in [1.807, 2.05) is 6.20 Å². The molecule has 2 bridgehead atoms. The molecule has 2 atom stereocenters. The summed E-state index contributed by atoms with van der Waals surface area (Å²) in [6, 6.07) is 10.8. The fraction of sp³-hybridized carbons (Fsp3) is 0.474. The second-order valence-corrected chi connectivity index (χ2v) is 6.72. The average Bonchev–Trinajstić information content (AvgIpc) is 2.87. The molecular formula is C19H23N3O. The van der Waals surface area contributed by atoms with Crippen molar-refractivity contribution in [1.29, 1.82) is 0 Å². The Kier molecular flexibility index (Phi) is 3.68. The second-order valence-electron chi connectivity index (χ2n) is 6.72. The predicted molar refractivity (Wildman–Crippen MR) is 92.5 cm³/mol. The van der Waals surface area contributed by atoms with E-state index >= 15 is 0 Å². The topological polar surface area (TPSA) is 36.4 Å². The zero-order chi connectivity index (χ0) is 15.8.